The summed E-state index contributed by atoms with van der Waals surface area (Å²) in [6.07, 6.45) is 5.65. The van der Waals surface area contributed by atoms with Gasteiger partial charge in [-0.05, 0) is 36.6 Å². The Balaban J connectivity index is 1.19. The van der Waals surface area contributed by atoms with Gasteiger partial charge in [-0.1, -0.05) is 24.8 Å². The lowest BCUT2D eigenvalue weighted by atomic mass is 9.75. The lowest BCUT2D eigenvalue weighted by Gasteiger charge is -2.36. The van der Waals surface area contributed by atoms with Crippen LogP contribution in [0.3, 0.4) is 0 Å². The standard InChI is InChI=1S/C25H22F5N7O/c1-2-24(26,27)20-19(36-8-3-7-31-23(36)34-20)22(38)32-17-11-14-10-13(4-5-16(14)17)21-33-18-12-15(25(28,29)30)6-9-37(18)35-21/h2-5,7-8,10-11,15-18H,1,6,9,12H2,(H,32,38)(H,33,35)/t15-,16?,17?,18?/m1/s1. The molecule has 38 heavy (non-hydrogen) atoms. The first-order valence-electron chi connectivity index (χ1n) is 12.0. The molecule has 3 unspecified atom stereocenters. The molecule has 4 aliphatic rings. The van der Waals surface area contributed by atoms with Crippen LogP contribution >= 0.6 is 0 Å². The summed E-state index contributed by atoms with van der Waals surface area (Å²) in [4.78, 5) is 25.4. The van der Waals surface area contributed by atoms with E-state index in [2.05, 4.69) is 32.3 Å². The van der Waals surface area contributed by atoms with Crippen LogP contribution in [0.1, 0.15) is 29.0 Å². The number of piperidine rings is 1. The van der Waals surface area contributed by atoms with E-state index in [0.29, 0.717) is 11.9 Å². The highest BCUT2D eigenvalue weighted by Gasteiger charge is 2.46. The number of nitrogens with zero attached hydrogens (tertiary/aromatic N) is 5. The number of fused-ring (bicyclic) bond motifs is 3. The fourth-order valence-corrected chi connectivity index (χ4v) is 5.20. The molecule has 2 aromatic heterocycles. The maximum atomic E-state index is 14.5. The number of aliphatic imine (C=N–C) groups is 1. The largest absolute Gasteiger partial charge is 0.391 e. The smallest absolute Gasteiger partial charge is 0.344 e. The van der Waals surface area contributed by atoms with E-state index in [1.54, 1.807) is 17.2 Å². The topological polar surface area (TPSA) is 86.9 Å². The second-order valence-electron chi connectivity index (χ2n) is 9.60. The molecule has 2 aliphatic heterocycles. The quantitative estimate of drug-likeness (QED) is 0.454. The number of hydrogen-bond donors (Lipinski definition) is 2. The average molecular weight is 531 g/mol. The number of allylic oxidation sites excluding steroid dienone is 2. The fraction of sp³-hybridized carbons (Fsp3) is 0.360. The SMILES string of the molecule is C=CC(F)(F)c1nc2ncccn2c1C(=O)NC1C=C2C=C(C3=NC4C[C@H](C(F)(F)F)CCN4N3)C=CC21. The van der Waals surface area contributed by atoms with Gasteiger partial charge in [0.15, 0.2) is 0 Å². The Morgan fingerprint density at radius 3 is 2.82 bits per heavy atom. The minimum Gasteiger partial charge on any atom is -0.344 e. The summed E-state index contributed by atoms with van der Waals surface area (Å²) in [6, 6.07) is 1.06. The zero-order valence-corrected chi connectivity index (χ0v) is 19.8. The molecule has 2 N–H and O–H groups in total. The number of rotatable bonds is 5. The van der Waals surface area contributed by atoms with E-state index in [9.17, 15) is 26.7 Å². The Labute approximate surface area is 213 Å². The van der Waals surface area contributed by atoms with E-state index in [0.717, 1.165) is 11.1 Å². The number of imidazole rings is 1. The van der Waals surface area contributed by atoms with Gasteiger partial charge in [-0.3, -0.25) is 9.20 Å². The number of halogens is 5. The third kappa shape index (κ3) is 4.01. The summed E-state index contributed by atoms with van der Waals surface area (Å²) in [5.74, 6) is -5.37. The molecule has 2 aromatic rings. The van der Waals surface area contributed by atoms with Gasteiger partial charge in [-0.2, -0.15) is 27.0 Å². The van der Waals surface area contributed by atoms with Gasteiger partial charge in [0.1, 0.15) is 23.4 Å². The van der Waals surface area contributed by atoms with E-state index in [1.807, 2.05) is 12.2 Å². The Morgan fingerprint density at radius 2 is 2.08 bits per heavy atom. The van der Waals surface area contributed by atoms with Gasteiger partial charge in [0, 0.05) is 30.4 Å². The molecule has 1 fully saturated rings. The number of carbonyl (C=O) groups is 1. The summed E-state index contributed by atoms with van der Waals surface area (Å²) in [5, 5.41) is 4.50. The van der Waals surface area contributed by atoms with E-state index < -0.39 is 41.8 Å². The molecule has 1 amide bonds. The Hall–Kier alpha value is -3.87. The van der Waals surface area contributed by atoms with Crippen molar-refractivity contribution < 1.29 is 26.7 Å². The van der Waals surface area contributed by atoms with Gasteiger partial charge in [-0.25, -0.2) is 15.0 Å². The van der Waals surface area contributed by atoms with Crippen LogP contribution < -0.4 is 10.7 Å². The minimum atomic E-state index is -4.24. The zero-order valence-electron chi connectivity index (χ0n) is 19.8. The van der Waals surface area contributed by atoms with E-state index in [-0.39, 0.29) is 36.8 Å². The second-order valence-corrected chi connectivity index (χ2v) is 9.60. The number of hydrazine groups is 1. The summed E-state index contributed by atoms with van der Waals surface area (Å²) in [6.45, 7) is 3.40. The molecule has 1 saturated heterocycles. The van der Waals surface area contributed by atoms with Crippen molar-refractivity contribution >= 4 is 17.5 Å². The lowest BCUT2D eigenvalue weighted by Crippen LogP contribution is -2.48. The predicted octanol–water partition coefficient (Wildman–Crippen LogP) is 3.68. The van der Waals surface area contributed by atoms with Gasteiger partial charge >= 0.3 is 12.1 Å². The fourth-order valence-electron chi connectivity index (χ4n) is 5.20. The van der Waals surface area contributed by atoms with Crippen LogP contribution in [-0.2, 0) is 5.92 Å². The highest BCUT2D eigenvalue weighted by molar-refractivity contribution is 6.02. The van der Waals surface area contributed by atoms with Crippen LogP contribution in [0.25, 0.3) is 5.78 Å². The Kier molecular flexibility index (Phi) is 5.53. The minimum absolute atomic E-state index is 0.0161. The average Bonchev–Trinajstić information content (AvgIpc) is 3.48. The van der Waals surface area contributed by atoms with Crippen molar-refractivity contribution in [1.82, 2.24) is 30.1 Å². The van der Waals surface area contributed by atoms with Crippen molar-refractivity contribution in [2.75, 3.05) is 6.54 Å². The van der Waals surface area contributed by atoms with Crippen molar-refractivity contribution in [3.63, 3.8) is 0 Å². The van der Waals surface area contributed by atoms with Gasteiger partial charge in [0.25, 0.3) is 5.91 Å². The molecule has 6 rings (SSSR count). The predicted molar refractivity (Wildman–Crippen MR) is 127 cm³/mol. The third-order valence-corrected chi connectivity index (χ3v) is 7.28. The van der Waals surface area contributed by atoms with Gasteiger partial charge in [0.2, 0.25) is 5.78 Å². The van der Waals surface area contributed by atoms with Gasteiger partial charge in [0.05, 0.1) is 12.0 Å². The zero-order chi connectivity index (χ0) is 26.8. The van der Waals surface area contributed by atoms with E-state index >= 15 is 0 Å². The number of nitrogens with one attached hydrogen (secondary N) is 2. The summed E-state index contributed by atoms with van der Waals surface area (Å²) >= 11 is 0. The number of carbonyl (C=O) groups excluding carboxylic acids is 1. The van der Waals surface area contributed by atoms with Crippen molar-refractivity contribution in [1.29, 1.82) is 0 Å². The maximum absolute atomic E-state index is 14.5. The number of aromatic nitrogens is 3. The summed E-state index contributed by atoms with van der Waals surface area (Å²) < 4.78 is 69.7. The second kappa shape index (κ2) is 8.58. The van der Waals surface area contributed by atoms with Crippen LogP contribution in [-0.4, -0.2) is 56.0 Å². The van der Waals surface area contributed by atoms with E-state index in [1.165, 1.54) is 22.9 Å². The Morgan fingerprint density at radius 1 is 1.26 bits per heavy atom. The first kappa shape index (κ1) is 24.5. The number of alkyl halides is 5. The number of amides is 1. The molecular formula is C25H22F5N7O. The number of hydrogen-bond acceptors (Lipinski definition) is 6. The Bertz CT molecular complexity index is 1450. The van der Waals surface area contributed by atoms with Gasteiger partial charge < -0.3 is 10.7 Å². The van der Waals surface area contributed by atoms with Crippen molar-refractivity contribution in [2.45, 2.75) is 37.1 Å². The van der Waals surface area contributed by atoms with Crippen LogP contribution in [0.2, 0.25) is 0 Å². The highest BCUT2D eigenvalue weighted by Crippen LogP contribution is 2.39. The molecule has 198 valence electrons. The monoisotopic (exact) mass is 531 g/mol. The molecule has 0 spiro atoms. The first-order chi connectivity index (χ1) is 18.0. The lowest BCUT2D eigenvalue weighted by molar-refractivity contribution is -0.189. The highest BCUT2D eigenvalue weighted by atomic mass is 19.4. The molecule has 0 saturated carbocycles. The number of amidine groups is 1. The van der Waals surface area contributed by atoms with Crippen molar-refractivity contribution in [3.8, 4) is 0 Å². The molecule has 13 heteroatoms. The van der Waals surface area contributed by atoms with Crippen molar-refractivity contribution in [3.05, 3.63) is 78.0 Å². The molecule has 4 heterocycles. The van der Waals surface area contributed by atoms with Crippen LogP contribution in [0.15, 0.2) is 71.6 Å². The maximum Gasteiger partial charge on any atom is 0.391 e. The van der Waals surface area contributed by atoms with Gasteiger partial charge in [-0.15, -0.1) is 0 Å². The summed E-state index contributed by atoms with van der Waals surface area (Å²) in [7, 11) is 0. The normalized spacial score (nSPS) is 26.9. The molecule has 0 bridgehead atoms. The van der Waals surface area contributed by atoms with Crippen molar-refractivity contribution in [2.24, 2.45) is 16.8 Å². The molecule has 0 radical (unpaired) electrons. The third-order valence-electron chi connectivity index (χ3n) is 7.28. The molecule has 4 atom stereocenters. The van der Waals surface area contributed by atoms with Crippen LogP contribution in [0.4, 0.5) is 22.0 Å². The first-order valence-corrected chi connectivity index (χ1v) is 12.0. The molecule has 8 nitrogen and oxygen atoms in total. The van der Waals surface area contributed by atoms with Crippen LogP contribution in [0, 0.1) is 11.8 Å². The molecule has 0 aromatic carbocycles. The molecule has 2 aliphatic carbocycles. The van der Waals surface area contributed by atoms with E-state index in [4.69, 9.17) is 0 Å². The van der Waals surface area contributed by atoms with Crippen LogP contribution in [0.5, 0.6) is 0 Å². The summed E-state index contributed by atoms with van der Waals surface area (Å²) in [5.41, 5.74) is 3.65. The molecular weight excluding hydrogens is 509 g/mol.